The molecule has 0 saturated heterocycles. The zero-order chi connectivity index (χ0) is 21.1. The number of carbonyl (C=O) groups excluding carboxylic acids is 1. The molecule has 0 fully saturated rings. The van der Waals surface area contributed by atoms with Crippen LogP contribution < -0.4 is 5.32 Å². The van der Waals surface area contributed by atoms with E-state index in [4.69, 9.17) is 4.98 Å². The van der Waals surface area contributed by atoms with E-state index in [1.165, 1.54) is 5.56 Å². The van der Waals surface area contributed by atoms with Gasteiger partial charge in [0.1, 0.15) is 5.01 Å². The van der Waals surface area contributed by atoms with Gasteiger partial charge < -0.3 is 5.32 Å². The Morgan fingerprint density at radius 3 is 2.17 bits per heavy atom. The molecule has 0 bridgehead atoms. The summed E-state index contributed by atoms with van der Waals surface area (Å²) in [6.07, 6.45) is 3.54. The van der Waals surface area contributed by atoms with Crippen LogP contribution in [-0.2, 0) is 5.41 Å². The molecule has 1 N–H and O–H groups in total. The van der Waals surface area contributed by atoms with Gasteiger partial charge in [-0.2, -0.15) is 0 Å². The Kier molecular flexibility index (Phi) is 5.46. The first-order chi connectivity index (χ1) is 14.4. The van der Waals surface area contributed by atoms with Crippen LogP contribution in [0, 0.1) is 0 Å². The van der Waals surface area contributed by atoms with Gasteiger partial charge in [0.05, 0.1) is 5.69 Å². The number of benzene rings is 2. The summed E-state index contributed by atoms with van der Waals surface area (Å²) in [5, 5.41) is 5.97. The second kappa shape index (κ2) is 8.20. The minimum atomic E-state index is -0.114. The fourth-order valence-corrected chi connectivity index (χ4v) is 3.92. The third-order valence-corrected chi connectivity index (χ3v) is 5.77. The lowest BCUT2D eigenvalue weighted by Gasteiger charge is -2.19. The Morgan fingerprint density at radius 2 is 1.53 bits per heavy atom. The standard InChI is InChI=1S/C25H23N3OS/c1-25(2,3)20-8-4-18(5-9-20)23(29)27-21-10-6-17(7-11-21)22-16-30-24(28-22)19-12-14-26-15-13-19/h4-16H,1-3H3,(H,27,29). The summed E-state index contributed by atoms with van der Waals surface area (Å²) in [5.41, 5.74) is 5.67. The van der Waals surface area contributed by atoms with Gasteiger partial charge in [-0.1, -0.05) is 45.0 Å². The third kappa shape index (κ3) is 4.47. The molecule has 2 aromatic heterocycles. The molecule has 0 aliphatic carbocycles. The first-order valence-electron chi connectivity index (χ1n) is 9.78. The van der Waals surface area contributed by atoms with Crippen molar-refractivity contribution < 1.29 is 4.79 Å². The Labute approximate surface area is 180 Å². The van der Waals surface area contributed by atoms with Gasteiger partial charge in [0.15, 0.2) is 0 Å². The van der Waals surface area contributed by atoms with Crippen LogP contribution in [0.1, 0.15) is 36.7 Å². The van der Waals surface area contributed by atoms with E-state index in [1.54, 1.807) is 23.7 Å². The van der Waals surface area contributed by atoms with E-state index in [1.807, 2.05) is 66.0 Å². The van der Waals surface area contributed by atoms with Gasteiger partial charge in [-0.25, -0.2) is 4.98 Å². The molecule has 4 aromatic rings. The summed E-state index contributed by atoms with van der Waals surface area (Å²) in [4.78, 5) is 21.3. The van der Waals surface area contributed by atoms with Gasteiger partial charge in [-0.05, 0) is 47.4 Å². The van der Waals surface area contributed by atoms with Crippen LogP contribution in [0.2, 0.25) is 0 Å². The molecule has 2 aromatic carbocycles. The molecular weight excluding hydrogens is 390 g/mol. The van der Waals surface area contributed by atoms with Crippen molar-refractivity contribution in [1.29, 1.82) is 0 Å². The predicted molar refractivity (Wildman–Crippen MR) is 124 cm³/mol. The van der Waals surface area contributed by atoms with Crippen molar-refractivity contribution in [2.24, 2.45) is 0 Å². The number of thiazole rings is 1. The fourth-order valence-electron chi connectivity index (χ4n) is 3.08. The zero-order valence-electron chi connectivity index (χ0n) is 17.2. The number of hydrogen-bond donors (Lipinski definition) is 1. The highest BCUT2D eigenvalue weighted by Crippen LogP contribution is 2.29. The van der Waals surface area contributed by atoms with Gasteiger partial charge in [0.2, 0.25) is 0 Å². The molecular formula is C25H23N3OS. The summed E-state index contributed by atoms with van der Waals surface area (Å²) < 4.78 is 0. The van der Waals surface area contributed by atoms with Gasteiger partial charge in [-0.3, -0.25) is 9.78 Å². The maximum absolute atomic E-state index is 12.6. The summed E-state index contributed by atoms with van der Waals surface area (Å²) in [6.45, 7) is 6.48. The largest absolute Gasteiger partial charge is 0.322 e. The number of nitrogens with one attached hydrogen (secondary N) is 1. The van der Waals surface area contributed by atoms with Gasteiger partial charge in [-0.15, -0.1) is 11.3 Å². The molecule has 4 nitrogen and oxygen atoms in total. The SMILES string of the molecule is CC(C)(C)c1ccc(C(=O)Nc2ccc(-c3csc(-c4ccncc4)n3)cc2)cc1. The maximum atomic E-state index is 12.6. The average molecular weight is 414 g/mol. The first kappa shape index (κ1) is 20.0. The van der Waals surface area contributed by atoms with E-state index in [2.05, 4.69) is 31.1 Å². The molecule has 2 heterocycles. The van der Waals surface area contributed by atoms with Gasteiger partial charge in [0.25, 0.3) is 5.91 Å². The number of nitrogens with zero attached hydrogens (tertiary/aromatic N) is 2. The lowest BCUT2D eigenvalue weighted by molar-refractivity contribution is 0.102. The van der Waals surface area contributed by atoms with Crippen LogP contribution >= 0.6 is 11.3 Å². The first-order valence-corrected chi connectivity index (χ1v) is 10.7. The molecule has 4 rings (SSSR count). The van der Waals surface area contributed by atoms with Crippen molar-refractivity contribution in [3.63, 3.8) is 0 Å². The Bertz CT molecular complexity index is 1140. The van der Waals surface area contributed by atoms with Crippen molar-refractivity contribution in [3.8, 4) is 21.8 Å². The molecule has 1 amide bonds. The molecule has 0 aliphatic rings. The van der Waals surface area contributed by atoms with Crippen LogP contribution in [0.25, 0.3) is 21.8 Å². The van der Waals surface area contributed by atoms with Gasteiger partial charge >= 0.3 is 0 Å². The fraction of sp³-hybridized carbons (Fsp3) is 0.160. The molecule has 0 saturated carbocycles. The second-order valence-electron chi connectivity index (χ2n) is 8.13. The lowest BCUT2D eigenvalue weighted by Crippen LogP contribution is -2.14. The lowest BCUT2D eigenvalue weighted by atomic mass is 9.87. The highest BCUT2D eigenvalue weighted by Gasteiger charge is 2.14. The van der Waals surface area contributed by atoms with Crippen LogP contribution in [0.5, 0.6) is 0 Å². The van der Waals surface area contributed by atoms with Crippen LogP contribution in [0.3, 0.4) is 0 Å². The normalized spacial score (nSPS) is 11.3. The van der Waals surface area contributed by atoms with E-state index >= 15 is 0 Å². The van der Waals surface area contributed by atoms with Crippen LogP contribution in [0.4, 0.5) is 5.69 Å². The van der Waals surface area contributed by atoms with Crippen molar-refractivity contribution in [2.45, 2.75) is 26.2 Å². The third-order valence-electron chi connectivity index (χ3n) is 4.88. The topological polar surface area (TPSA) is 54.9 Å². The number of rotatable bonds is 4. The van der Waals surface area contributed by atoms with Gasteiger partial charge in [0, 0.05) is 40.2 Å². The molecule has 0 aliphatic heterocycles. The number of amides is 1. The molecule has 0 radical (unpaired) electrons. The molecule has 0 spiro atoms. The summed E-state index contributed by atoms with van der Waals surface area (Å²) in [7, 11) is 0. The number of hydrogen-bond acceptors (Lipinski definition) is 4. The summed E-state index contributed by atoms with van der Waals surface area (Å²) in [5.74, 6) is -0.114. The molecule has 5 heteroatoms. The number of carbonyl (C=O) groups is 1. The monoisotopic (exact) mass is 413 g/mol. The smallest absolute Gasteiger partial charge is 0.255 e. The Morgan fingerprint density at radius 1 is 0.867 bits per heavy atom. The Balaban J connectivity index is 1.45. The van der Waals surface area contributed by atoms with E-state index in [9.17, 15) is 4.79 Å². The Hall–Kier alpha value is -3.31. The molecule has 30 heavy (non-hydrogen) atoms. The predicted octanol–water partition coefficient (Wildman–Crippen LogP) is 6.42. The average Bonchev–Trinajstić information content (AvgIpc) is 3.25. The maximum Gasteiger partial charge on any atom is 0.255 e. The van der Waals surface area contributed by atoms with Crippen molar-refractivity contribution in [1.82, 2.24) is 9.97 Å². The second-order valence-corrected chi connectivity index (χ2v) is 8.99. The molecule has 0 atom stereocenters. The molecule has 0 unspecified atom stereocenters. The van der Waals surface area contributed by atoms with Crippen molar-refractivity contribution >= 4 is 22.9 Å². The van der Waals surface area contributed by atoms with Crippen molar-refractivity contribution in [3.05, 3.63) is 89.6 Å². The van der Waals surface area contributed by atoms with E-state index < -0.39 is 0 Å². The van der Waals surface area contributed by atoms with E-state index in [-0.39, 0.29) is 11.3 Å². The quantitative estimate of drug-likeness (QED) is 0.420. The molecule has 150 valence electrons. The van der Waals surface area contributed by atoms with Crippen LogP contribution in [0.15, 0.2) is 78.4 Å². The zero-order valence-corrected chi connectivity index (χ0v) is 18.0. The number of pyridine rings is 1. The minimum Gasteiger partial charge on any atom is -0.322 e. The summed E-state index contributed by atoms with van der Waals surface area (Å²) in [6, 6.07) is 19.4. The van der Waals surface area contributed by atoms with Crippen LogP contribution in [-0.4, -0.2) is 15.9 Å². The van der Waals surface area contributed by atoms with Crippen molar-refractivity contribution in [2.75, 3.05) is 5.32 Å². The van der Waals surface area contributed by atoms with E-state index in [0.717, 1.165) is 27.5 Å². The van der Waals surface area contributed by atoms with E-state index in [0.29, 0.717) is 5.56 Å². The highest BCUT2D eigenvalue weighted by molar-refractivity contribution is 7.13. The number of anilines is 1. The highest BCUT2D eigenvalue weighted by atomic mass is 32.1. The minimum absolute atomic E-state index is 0.0673. The number of aromatic nitrogens is 2. The summed E-state index contributed by atoms with van der Waals surface area (Å²) >= 11 is 1.60.